The van der Waals surface area contributed by atoms with Crippen LogP contribution in [-0.2, 0) is 4.74 Å². The summed E-state index contributed by atoms with van der Waals surface area (Å²) in [6, 6.07) is 7.30. The number of halogens is 1. The number of carbonyl (C=O) groups is 1. The normalized spacial score (nSPS) is 14.0. The molecule has 0 radical (unpaired) electrons. The fourth-order valence-corrected chi connectivity index (χ4v) is 1.96. The van der Waals surface area contributed by atoms with Crippen LogP contribution in [0.15, 0.2) is 24.3 Å². The second-order valence-electron chi connectivity index (χ2n) is 4.78. The summed E-state index contributed by atoms with van der Waals surface area (Å²) in [5.74, 6) is 1.07. The van der Waals surface area contributed by atoms with Gasteiger partial charge in [-0.05, 0) is 19.1 Å². The first-order valence-electron chi connectivity index (χ1n) is 7.09. The molecule has 1 fully saturated rings. The fraction of sp³-hybridized carbons (Fsp3) is 0.533. The molecule has 5 nitrogen and oxygen atoms in total. The van der Waals surface area contributed by atoms with Gasteiger partial charge in [-0.2, -0.15) is 0 Å². The van der Waals surface area contributed by atoms with Gasteiger partial charge in [0.2, 0.25) is 0 Å². The number of rotatable bonds is 8. The maximum Gasteiger partial charge on any atom is 0.255 e. The molecule has 0 atom stereocenters. The maximum atomic E-state index is 12.2. The van der Waals surface area contributed by atoms with E-state index in [1.54, 1.807) is 6.07 Å². The lowest BCUT2D eigenvalue weighted by atomic mass is 10.0. The van der Waals surface area contributed by atoms with E-state index in [9.17, 15) is 4.79 Å². The van der Waals surface area contributed by atoms with E-state index in [1.165, 1.54) is 0 Å². The molecule has 1 aromatic carbocycles. The Bertz CT molecular complexity index is 439. The molecule has 1 heterocycles. The molecule has 0 bridgehead atoms. The molecule has 2 N–H and O–H groups in total. The van der Waals surface area contributed by atoms with E-state index >= 15 is 0 Å². The predicted octanol–water partition coefficient (Wildman–Crippen LogP) is 1.47. The van der Waals surface area contributed by atoms with Crippen molar-refractivity contribution in [3.8, 4) is 5.75 Å². The zero-order valence-electron chi connectivity index (χ0n) is 12.3. The van der Waals surface area contributed by atoms with Crippen LogP contribution in [0.4, 0.5) is 0 Å². The number of ether oxygens (including phenoxy) is 2. The van der Waals surface area contributed by atoms with Crippen molar-refractivity contribution in [2.45, 2.75) is 6.92 Å². The van der Waals surface area contributed by atoms with Crippen LogP contribution in [0.5, 0.6) is 5.75 Å². The topological polar surface area (TPSA) is 59.6 Å². The summed E-state index contributed by atoms with van der Waals surface area (Å²) in [6.45, 7) is 6.25. The number of amides is 1. The molecule has 2 rings (SSSR count). The van der Waals surface area contributed by atoms with E-state index in [0.29, 0.717) is 43.6 Å². The van der Waals surface area contributed by atoms with Crippen LogP contribution in [0.1, 0.15) is 17.3 Å². The van der Waals surface area contributed by atoms with Crippen LogP contribution in [-0.4, -0.2) is 45.4 Å². The molecule has 0 unspecified atom stereocenters. The standard InChI is InChI=1S/C15H22N2O3.ClH/c1-2-19-7-8-20-14-6-4-3-5-13(14)15(18)17-11-12-9-16-10-12;/h3-6,12,16H,2,7-11H2,1H3,(H,17,18);1H. The Morgan fingerprint density at radius 1 is 1.33 bits per heavy atom. The highest BCUT2D eigenvalue weighted by molar-refractivity contribution is 5.96. The van der Waals surface area contributed by atoms with Crippen LogP contribution < -0.4 is 15.4 Å². The summed E-state index contributed by atoms with van der Waals surface area (Å²) >= 11 is 0. The minimum absolute atomic E-state index is 0. The van der Waals surface area contributed by atoms with E-state index in [4.69, 9.17) is 9.47 Å². The zero-order chi connectivity index (χ0) is 14.2. The minimum atomic E-state index is -0.0797. The minimum Gasteiger partial charge on any atom is -0.490 e. The third-order valence-corrected chi connectivity index (χ3v) is 3.24. The van der Waals surface area contributed by atoms with Crippen molar-refractivity contribution >= 4 is 18.3 Å². The molecule has 0 saturated carbocycles. The molecule has 0 spiro atoms. The van der Waals surface area contributed by atoms with Crippen molar-refractivity contribution in [1.82, 2.24) is 10.6 Å². The van der Waals surface area contributed by atoms with Gasteiger partial charge in [-0.1, -0.05) is 12.1 Å². The van der Waals surface area contributed by atoms with Crippen LogP contribution in [0, 0.1) is 5.92 Å². The second-order valence-corrected chi connectivity index (χ2v) is 4.78. The number of nitrogens with one attached hydrogen (secondary N) is 2. The summed E-state index contributed by atoms with van der Waals surface area (Å²) < 4.78 is 10.8. The number of hydrogen-bond donors (Lipinski definition) is 2. The lowest BCUT2D eigenvalue weighted by Gasteiger charge is -2.27. The molecular weight excluding hydrogens is 292 g/mol. The molecule has 21 heavy (non-hydrogen) atoms. The molecule has 1 aliphatic heterocycles. The highest BCUT2D eigenvalue weighted by atomic mass is 35.5. The van der Waals surface area contributed by atoms with Crippen LogP contribution >= 0.6 is 12.4 Å². The van der Waals surface area contributed by atoms with E-state index in [2.05, 4.69) is 10.6 Å². The molecule has 6 heteroatoms. The Morgan fingerprint density at radius 3 is 2.76 bits per heavy atom. The van der Waals surface area contributed by atoms with Crippen molar-refractivity contribution in [3.05, 3.63) is 29.8 Å². The van der Waals surface area contributed by atoms with Gasteiger partial charge in [0, 0.05) is 32.2 Å². The largest absolute Gasteiger partial charge is 0.490 e. The molecule has 1 amide bonds. The Balaban J connectivity index is 0.00000220. The summed E-state index contributed by atoms with van der Waals surface area (Å²) in [5, 5.41) is 6.14. The summed E-state index contributed by atoms with van der Waals surface area (Å²) in [4.78, 5) is 12.2. The first kappa shape index (κ1) is 17.8. The van der Waals surface area contributed by atoms with Crippen molar-refractivity contribution in [1.29, 1.82) is 0 Å². The molecule has 0 aliphatic carbocycles. The first-order chi connectivity index (χ1) is 9.81. The lowest BCUT2D eigenvalue weighted by Crippen LogP contribution is -2.48. The summed E-state index contributed by atoms with van der Waals surface area (Å²) in [7, 11) is 0. The van der Waals surface area contributed by atoms with Crippen molar-refractivity contribution < 1.29 is 14.3 Å². The predicted molar refractivity (Wildman–Crippen MR) is 84.4 cm³/mol. The number of carbonyl (C=O) groups excluding carboxylic acids is 1. The number of para-hydroxylation sites is 1. The average Bonchev–Trinajstić information content (AvgIpc) is 2.42. The fourth-order valence-electron chi connectivity index (χ4n) is 1.96. The van der Waals surface area contributed by atoms with Crippen molar-refractivity contribution in [2.75, 3.05) is 39.5 Å². The van der Waals surface area contributed by atoms with Gasteiger partial charge < -0.3 is 20.1 Å². The summed E-state index contributed by atoms with van der Waals surface area (Å²) in [5.41, 5.74) is 0.580. The van der Waals surface area contributed by atoms with Crippen molar-refractivity contribution in [3.63, 3.8) is 0 Å². The molecule has 1 saturated heterocycles. The molecule has 1 aliphatic rings. The third kappa shape index (κ3) is 5.53. The van der Waals surface area contributed by atoms with Crippen LogP contribution in [0.3, 0.4) is 0 Å². The van der Waals surface area contributed by atoms with E-state index in [-0.39, 0.29) is 18.3 Å². The Kier molecular flexibility index (Phi) is 8.12. The lowest BCUT2D eigenvalue weighted by molar-refractivity contribution is 0.0926. The average molecular weight is 315 g/mol. The van der Waals surface area contributed by atoms with Gasteiger partial charge in [-0.25, -0.2) is 0 Å². The van der Waals surface area contributed by atoms with Crippen LogP contribution in [0.25, 0.3) is 0 Å². The van der Waals surface area contributed by atoms with E-state index in [1.807, 2.05) is 25.1 Å². The Hall–Kier alpha value is -1.30. The van der Waals surface area contributed by atoms with Gasteiger partial charge in [0.1, 0.15) is 12.4 Å². The van der Waals surface area contributed by atoms with Gasteiger partial charge in [0.15, 0.2) is 0 Å². The van der Waals surface area contributed by atoms with Crippen LogP contribution in [0.2, 0.25) is 0 Å². The monoisotopic (exact) mass is 314 g/mol. The van der Waals surface area contributed by atoms with E-state index in [0.717, 1.165) is 13.1 Å². The van der Waals surface area contributed by atoms with E-state index < -0.39 is 0 Å². The van der Waals surface area contributed by atoms with Crippen molar-refractivity contribution in [2.24, 2.45) is 5.92 Å². The summed E-state index contributed by atoms with van der Waals surface area (Å²) in [6.07, 6.45) is 0. The molecule has 118 valence electrons. The molecule has 0 aromatic heterocycles. The Labute approximate surface area is 131 Å². The second kappa shape index (κ2) is 9.60. The molecule has 1 aromatic rings. The third-order valence-electron chi connectivity index (χ3n) is 3.24. The van der Waals surface area contributed by atoms with Gasteiger partial charge >= 0.3 is 0 Å². The highest BCUT2D eigenvalue weighted by Crippen LogP contribution is 2.17. The smallest absolute Gasteiger partial charge is 0.255 e. The SMILES string of the molecule is CCOCCOc1ccccc1C(=O)NCC1CNC1.Cl. The van der Waals surface area contributed by atoms with Gasteiger partial charge in [-0.3, -0.25) is 4.79 Å². The zero-order valence-corrected chi connectivity index (χ0v) is 13.1. The quantitative estimate of drug-likeness (QED) is 0.714. The highest BCUT2D eigenvalue weighted by Gasteiger charge is 2.18. The number of hydrogen-bond acceptors (Lipinski definition) is 4. The molecular formula is C15H23ClN2O3. The van der Waals surface area contributed by atoms with Gasteiger partial charge in [-0.15, -0.1) is 12.4 Å². The maximum absolute atomic E-state index is 12.2. The van der Waals surface area contributed by atoms with Gasteiger partial charge in [0.25, 0.3) is 5.91 Å². The Morgan fingerprint density at radius 2 is 2.10 bits per heavy atom. The first-order valence-corrected chi connectivity index (χ1v) is 7.09. The van der Waals surface area contributed by atoms with Gasteiger partial charge in [0.05, 0.1) is 12.2 Å². The number of benzene rings is 1.